The van der Waals surface area contributed by atoms with E-state index in [2.05, 4.69) is 0 Å². The largest absolute Gasteiger partial charge is 0.401 e. The molecule has 4 nitrogen and oxygen atoms in total. The Kier molecular flexibility index (Phi) is 6.85. The smallest absolute Gasteiger partial charge is 0.336 e. The van der Waals surface area contributed by atoms with E-state index in [-0.39, 0.29) is 30.9 Å². The molecule has 1 heterocycles. The summed E-state index contributed by atoms with van der Waals surface area (Å²) in [5.41, 5.74) is 6.98. The Morgan fingerprint density at radius 2 is 1.87 bits per heavy atom. The summed E-state index contributed by atoms with van der Waals surface area (Å²) in [6.07, 6.45) is -4.21. The summed E-state index contributed by atoms with van der Waals surface area (Å²) in [6, 6.07) is 6.67. The highest BCUT2D eigenvalue weighted by atomic mass is 35.5. The highest BCUT2D eigenvalue weighted by Gasteiger charge is 2.36. The molecule has 0 spiro atoms. The van der Waals surface area contributed by atoms with Crippen LogP contribution in [0.2, 0.25) is 0 Å². The maximum Gasteiger partial charge on any atom is 0.401 e. The van der Waals surface area contributed by atoms with E-state index in [1.165, 1.54) is 4.90 Å². The SMILES string of the molecule is CC1CN(C(=O)c2ccc(CN)cc2)CCN1CC(F)(F)F.Cl. The van der Waals surface area contributed by atoms with E-state index in [1.54, 1.807) is 36.1 Å². The average molecular weight is 352 g/mol. The molecular weight excluding hydrogens is 331 g/mol. The molecule has 1 saturated heterocycles. The predicted octanol–water partition coefficient (Wildman–Crippen LogP) is 2.28. The van der Waals surface area contributed by atoms with E-state index in [9.17, 15) is 18.0 Å². The lowest BCUT2D eigenvalue weighted by Crippen LogP contribution is -2.55. The molecule has 1 amide bonds. The third kappa shape index (κ3) is 5.37. The average Bonchev–Trinajstić information content (AvgIpc) is 2.47. The quantitative estimate of drug-likeness (QED) is 0.909. The van der Waals surface area contributed by atoms with Gasteiger partial charge in [0.2, 0.25) is 0 Å². The molecule has 1 unspecified atom stereocenters. The summed E-state index contributed by atoms with van der Waals surface area (Å²) in [5, 5.41) is 0. The first-order valence-electron chi connectivity index (χ1n) is 7.19. The Hall–Kier alpha value is -1.31. The number of halogens is 4. The maximum atomic E-state index is 12.5. The van der Waals surface area contributed by atoms with E-state index in [0.717, 1.165) is 5.56 Å². The zero-order valence-corrected chi connectivity index (χ0v) is 13.7. The van der Waals surface area contributed by atoms with Gasteiger partial charge in [0.1, 0.15) is 0 Å². The van der Waals surface area contributed by atoms with Gasteiger partial charge in [0.05, 0.1) is 6.54 Å². The number of nitrogens with two attached hydrogens (primary N) is 1. The van der Waals surface area contributed by atoms with Gasteiger partial charge in [0.15, 0.2) is 0 Å². The topological polar surface area (TPSA) is 49.6 Å². The molecule has 0 saturated carbocycles. The van der Waals surface area contributed by atoms with Gasteiger partial charge in [-0.1, -0.05) is 12.1 Å². The number of carbonyl (C=O) groups excluding carboxylic acids is 1. The van der Waals surface area contributed by atoms with Crippen LogP contribution in [0.4, 0.5) is 13.2 Å². The molecule has 2 N–H and O–H groups in total. The molecule has 1 aliphatic rings. The fraction of sp³-hybridized carbons (Fsp3) is 0.533. The van der Waals surface area contributed by atoms with Gasteiger partial charge in [-0.15, -0.1) is 12.4 Å². The lowest BCUT2D eigenvalue weighted by atomic mass is 10.1. The van der Waals surface area contributed by atoms with Gasteiger partial charge >= 0.3 is 6.18 Å². The standard InChI is InChI=1S/C15H20F3N3O.ClH/c1-11-9-20(6-7-21(11)10-15(16,17)18)14(22)13-4-2-12(8-19)3-5-13;/h2-5,11H,6-10,19H2,1H3;1H. The van der Waals surface area contributed by atoms with Gasteiger partial charge in [-0.2, -0.15) is 13.2 Å². The molecule has 0 bridgehead atoms. The minimum absolute atomic E-state index is 0. The van der Waals surface area contributed by atoms with Gasteiger partial charge < -0.3 is 10.6 Å². The van der Waals surface area contributed by atoms with Crippen molar-refractivity contribution in [1.82, 2.24) is 9.80 Å². The minimum atomic E-state index is -4.21. The van der Waals surface area contributed by atoms with Crippen molar-refractivity contribution in [2.75, 3.05) is 26.2 Å². The number of carbonyl (C=O) groups is 1. The summed E-state index contributed by atoms with van der Waals surface area (Å²) < 4.78 is 37.4. The Morgan fingerprint density at radius 1 is 1.26 bits per heavy atom. The van der Waals surface area contributed by atoms with Crippen LogP contribution in [-0.4, -0.2) is 54.1 Å². The molecule has 1 atom stereocenters. The molecule has 23 heavy (non-hydrogen) atoms. The molecular formula is C15H21ClF3N3O. The monoisotopic (exact) mass is 351 g/mol. The van der Waals surface area contributed by atoms with Crippen LogP contribution in [0, 0.1) is 0 Å². The van der Waals surface area contributed by atoms with Gasteiger partial charge in [-0.05, 0) is 24.6 Å². The first-order valence-corrected chi connectivity index (χ1v) is 7.19. The second-order valence-electron chi connectivity index (χ2n) is 5.59. The van der Waals surface area contributed by atoms with Crippen molar-refractivity contribution in [1.29, 1.82) is 0 Å². The molecule has 1 aromatic carbocycles. The van der Waals surface area contributed by atoms with Crippen molar-refractivity contribution in [3.05, 3.63) is 35.4 Å². The Bertz CT molecular complexity index is 522. The normalized spacial score (nSPS) is 19.3. The van der Waals surface area contributed by atoms with E-state index < -0.39 is 12.7 Å². The zero-order valence-electron chi connectivity index (χ0n) is 12.8. The molecule has 130 valence electrons. The third-order valence-corrected chi connectivity index (χ3v) is 3.87. The molecule has 0 aromatic heterocycles. The molecule has 1 fully saturated rings. The molecule has 1 aromatic rings. The van der Waals surface area contributed by atoms with Crippen molar-refractivity contribution >= 4 is 18.3 Å². The number of nitrogens with zero attached hydrogens (tertiary/aromatic N) is 2. The Morgan fingerprint density at radius 3 is 2.35 bits per heavy atom. The predicted molar refractivity (Wildman–Crippen MR) is 84.6 cm³/mol. The van der Waals surface area contributed by atoms with Gasteiger partial charge in [-0.25, -0.2) is 0 Å². The number of piperazine rings is 1. The van der Waals surface area contributed by atoms with E-state index in [4.69, 9.17) is 5.73 Å². The van der Waals surface area contributed by atoms with E-state index >= 15 is 0 Å². The van der Waals surface area contributed by atoms with Crippen LogP contribution in [0.3, 0.4) is 0 Å². The second kappa shape index (κ2) is 7.99. The van der Waals surface area contributed by atoms with Crippen LogP contribution < -0.4 is 5.73 Å². The van der Waals surface area contributed by atoms with Gasteiger partial charge in [0, 0.05) is 37.8 Å². The molecule has 1 aliphatic heterocycles. The maximum absolute atomic E-state index is 12.5. The van der Waals surface area contributed by atoms with Crippen molar-refractivity contribution in [2.45, 2.75) is 25.7 Å². The van der Waals surface area contributed by atoms with Crippen LogP contribution in [0.25, 0.3) is 0 Å². The second-order valence-corrected chi connectivity index (χ2v) is 5.59. The highest BCUT2D eigenvalue weighted by molar-refractivity contribution is 5.94. The molecule has 0 radical (unpaired) electrons. The Labute approximate surface area is 139 Å². The summed E-state index contributed by atoms with van der Waals surface area (Å²) in [6.45, 7) is 2.02. The number of hydrogen-bond acceptors (Lipinski definition) is 3. The molecule has 8 heteroatoms. The zero-order chi connectivity index (χ0) is 16.3. The number of hydrogen-bond donors (Lipinski definition) is 1. The summed E-state index contributed by atoms with van der Waals surface area (Å²) in [4.78, 5) is 15.4. The number of amides is 1. The minimum Gasteiger partial charge on any atom is -0.336 e. The van der Waals surface area contributed by atoms with Crippen molar-refractivity contribution in [2.24, 2.45) is 5.73 Å². The number of alkyl halides is 3. The van der Waals surface area contributed by atoms with Gasteiger partial charge in [0.25, 0.3) is 5.91 Å². The summed E-state index contributed by atoms with van der Waals surface area (Å²) >= 11 is 0. The first kappa shape index (κ1) is 19.7. The Balaban J connectivity index is 0.00000264. The van der Waals surface area contributed by atoms with Crippen LogP contribution >= 0.6 is 12.4 Å². The molecule has 0 aliphatic carbocycles. The van der Waals surface area contributed by atoms with Crippen molar-refractivity contribution < 1.29 is 18.0 Å². The van der Waals surface area contributed by atoms with Crippen LogP contribution in [0.5, 0.6) is 0 Å². The summed E-state index contributed by atoms with van der Waals surface area (Å²) in [5.74, 6) is -0.151. The fourth-order valence-corrected chi connectivity index (χ4v) is 2.61. The van der Waals surface area contributed by atoms with Crippen LogP contribution in [0.1, 0.15) is 22.8 Å². The van der Waals surface area contributed by atoms with Crippen LogP contribution in [-0.2, 0) is 6.54 Å². The van der Waals surface area contributed by atoms with Crippen molar-refractivity contribution in [3.63, 3.8) is 0 Å². The molecule has 2 rings (SSSR count). The van der Waals surface area contributed by atoms with Gasteiger partial charge in [-0.3, -0.25) is 9.69 Å². The highest BCUT2D eigenvalue weighted by Crippen LogP contribution is 2.21. The van der Waals surface area contributed by atoms with Crippen molar-refractivity contribution in [3.8, 4) is 0 Å². The number of rotatable bonds is 3. The van der Waals surface area contributed by atoms with Crippen LogP contribution in [0.15, 0.2) is 24.3 Å². The van der Waals surface area contributed by atoms with E-state index in [1.807, 2.05) is 0 Å². The van der Waals surface area contributed by atoms with E-state index in [0.29, 0.717) is 25.2 Å². The lowest BCUT2D eigenvalue weighted by Gasteiger charge is -2.40. The third-order valence-electron chi connectivity index (χ3n) is 3.87. The summed E-state index contributed by atoms with van der Waals surface area (Å²) in [7, 11) is 0. The number of benzene rings is 1. The first-order chi connectivity index (χ1) is 10.3. The lowest BCUT2D eigenvalue weighted by molar-refractivity contribution is -0.153. The fourth-order valence-electron chi connectivity index (χ4n) is 2.61.